The molecule has 0 radical (unpaired) electrons. The summed E-state index contributed by atoms with van der Waals surface area (Å²) in [6.07, 6.45) is 0. The summed E-state index contributed by atoms with van der Waals surface area (Å²) >= 11 is 9.38. The predicted octanol–water partition coefficient (Wildman–Crippen LogP) is 3.85. The molecule has 9 heteroatoms. The van der Waals surface area contributed by atoms with Gasteiger partial charge in [0.25, 0.3) is 15.9 Å². The van der Waals surface area contributed by atoms with E-state index in [9.17, 15) is 13.2 Å². The van der Waals surface area contributed by atoms with Gasteiger partial charge in [-0.05, 0) is 48.9 Å². The highest BCUT2D eigenvalue weighted by Gasteiger charge is 2.25. The smallest absolute Gasteiger partial charge is 0.266 e. The molecular weight excluding hydrogens is 432 g/mol. The molecule has 2 rings (SSSR count). The van der Waals surface area contributed by atoms with Crippen molar-refractivity contribution in [3.05, 3.63) is 57.0 Å². The summed E-state index contributed by atoms with van der Waals surface area (Å²) in [6, 6.07) is 9.38. The van der Waals surface area contributed by atoms with E-state index in [-0.39, 0.29) is 15.5 Å². The minimum absolute atomic E-state index is 0.0000591. The molecule has 1 amide bonds. The number of nitrogens with one attached hydrogen (secondary N) is 1. The number of halogens is 2. The number of carbonyl (C=O) groups excluding carboxylic acids is 1. The minimum atomic E-state index is -3.97. The second-order valence-electron chi connectivity index (χ2n) is 5.16. The van der Waals surface area contributed by atoms with Crippen molar-refractivity contribution in [3.63, 3.8) is 0 Å². The monoisotopic (exact) mass is 446 g/mol. The molecule has 2 aromatic rings. The van der Waals surface area contributed by atoms with Crippen LogP contribution in [0.4, 0.5) is 5.69 Å². The molecule has 0 saturated carbocycles. The zero-order valence-electron chi connectivity index (χ0n) is 13.7. The normalized spacial score (nSPS) is 11.6. The van der Waals surface area contributed by atoms with Gasteiger partial charge in [0.15, 0.2) is 0 Å². The Balaban J connectivity index is 2.35. The van der Waals surface area contributed by atoms with E-state index in [1.165, 1.54) is 32.4 Å². The topological polar surface area (TPSA) is 75.7 Å². The van der Waals surface area contributed by atoms with E-state index in [4.69, 9.17) is 16.4 Å². The molecule has 25 heavy (non-hydrogen) atoms. The van der Waals surface area contributed by atoms with Crippen molar-refractivity contribution in [2.75, 3.05) is 19.5 Å². The molecular formula is C16H16BrClN2O4S. The van der Waals surface area contributed by atoms with Crippen molar-refractivity contribution in [1.82, 2.24) is 4.47 Å². The maximum Gasteiger partial charge on any atom is 0.266 e. The molecule has 0 aliphatic heterocycles. The first-order valence-corrected chi connectivity index (χ1v) is 9.68. The van der Waals surface area contributed by atoms with Crippen LogP contribution in [0.1, 0.15) is 15.9 Å². The number of carbonyl (C=O) groups is 1. The third-order valence-corrected chi connectivity index (χ3v) is 6.53. The van der Waals surface area contributed by atoms with Crippen molar-refractivity contribution in [2.24, 2.45) is 0 Å². The summed E-state index contributed by atoms with van der Waals surface area (Å²) in [5, 5.41) is 2.73. The molecule has 0 heterocycles. The maximum atomic E-state index is 12.4. The number of rotatable bonds is 5. The fourth-order valence-electron chi connectivity index (χ4n) is 2.00. The number of hydrogen-bond donors (Lipinski definition) is 1. The largest absolute Gasteiger partial charge is 0.322 e. The van der Waals surface area contributed by atoms with Crippen molar-refractivity contribution in [1.29, 1.82) is 0 Å². The Hall–Kier alpha value is -1.45. The molecule has 0 aromatic heterocycles. The highest BCUT2D eigenvalue weighted by molar-refractivity contribution is 9.10. The standard InChI is InChI=1S/C16H16BrClN2O4S/c1-10-8-12(5-6-13(10)17)19-16(21)11-4-7-14(18)15(9-11)25(22,23)20(2)24-3/h4-9H,1-3H3,(H,19,21). The summed E-state index contributed by atoms with van der Waals surface area (Å²) < 4.78 is 26.4. The Morgan fingerprint density at radius 1 is 1.24 bits per heavy atom. The van der Waals surface area contributed by atoms with Gasteiger partial charge in [0.05, 0.1) is 12.1 Å². The molecule has 0 aliphatic carbocycles. The lowest BCUT2D eigenvalue weighted by Crippen LogP contribution is -2.26. The summed E-state index contributed by atoms with van der Waals surface area (Å²) in [5.74, 6) is -0.449. The van der Waals surface area contributed by atoms with Gasteiger partial charge in [-0.1, -0.05) is 32.0 Å². The Morgan fingerprint density at radius 3 is 2.52 bits per heavy atom. The number of amides is 1. The van der Waals surface area contributed by atoms with Gasteiger partial charge in [-0.25, -0.2) is 8.42 Å². The van der Waals surface area contributed by atoms with Crippen LogP contribution >= 0.6 is 27.5 Å². The van der Waals surface area contributed by atoms with Crippen molar-refractivity contribution in [3.8, 4) is 0 Å². The van der Waals surface area contributed by atoms with Crippen LogP contribution in [-0.4, -0.2) is 33.0 Å². The van der Waals surface area contributed by atoms with Gasteiger partial charge < -0.3 is 5.32 Å². The van der Waals surface area contributed by atoms with Crippen LogP contribution in [0.15, 0.2) is 45.8 Å². The number of aryl methyl sites for hydroxylation is 1. The number of sulfonamides is 1. The van der Waals surface area contributed by atoms with Gasteiger partial charge in [0, 0.05) is 22.8 Å². The SMILES string of the molecule is CON(C)S(=O)(=O)c1cc(C(=O)Nc2ccc(Br)c(C)c2)ccc1Cl. The van der Waals surface area contributed by atoms with E-state index < -0.39 is 15.9 Å². The highest BCUT2D eigenvalue weighted by Crippen LogP contribution is 2.26. The van der Waals surface area contributed by atoms with Crippen molar-refractivity contribution >= 4 is 49.1 Å². The van der Waals surface area contributed by atoms with Crippen molar-refractivity contribution < 1.29 is 18.0 Å². The predicted molar refractivity (Wildman–Crippen MR) is 100 cm³/mol. The Morgan fingerprint density at radius 2 is 1.92 bits per heavy atom. The summed E-state index contributed by atoms with van der Waals surface area (Å²) in [7, 11) is -1.51. The van der Waals surface area contributed by atoms with Crippen LogP contribution in [-0.2, 0) is 14.9 Å². The van der Waals surface area contributed by atoms with Crippen LogP contribution in [0.3, 0.4) is 0 Å². The van der Waals surface area contributed by atoms with Crippen LogP contribution < -0.4 is 5.32 Å². The summed E-state index contributed by atoms with van der Waals surface area (Å²) in [4.78, 5) is 17.0. The first-order chi connectivity index (χ1) is 11.7. The van der Waals surface area contributed by atoms with E-state index >= 15 is 0 Å². The molecule has 0 spiro atoms. The van der Waals surface area contributed by atoms with Crippen molar-refractivity contribution in [2.45, 2.75) is 11.8 Å². The zero-order valence-corrected chi connectivity index (χ0v) is 16.9. The van der Waals surface area contributed by atoms with Gasteiger partial charge in [0.2, 0.25) is 0 Å². The van der Waals surface area contributed by atoms with E-state index in [0.717, 1.165) is 10.0 Å². The fraction of sp³-hybridized carbons (Fsp3) is 0.188. The molecule has 2 aromatic carbocycles. The lowest BCUT2D eigenvalue weighted by molar-refractivity contribution is -0.0258. The fourth-order valence-corrected chi connectivity index (χ4v) is 3.72. The Labute approximate surface area is 159 Å². The maximum absolute atomic E-state index is 12.4. The van der Waals surface area contributed by atoms with Gasteiger partial charge in [-0.2, -0.15) is 0 Å². The second-order valence-corrected chi connectivity index (χ2v) is 8.33. The Bertz CT molecular complexity index is 918. The van der Waals surface area contributed by atoms with Crippen LogP contribution in [0.2, 0.25) is 5.02 Å². The van der Waals surface area contributed by atoms with E-state index in [1.807, 2.05) is 13.0 Å². The van der Waals surface area contributed by atoms with E-state index in [1.54, 1.807) is 12.1 Å². The van der Waals surface area contributed by atoms with Gasteiger partial charge in [-0.3, -0.25) is 9.63 Å². The third-order valence-electron chi connectivity index (χ3n) is 3.48. The van der Waals surface area contributed by atoms with Gasteiger partial charge in [0.1, 0.15) is 4.90 Å². The molecule has 0 saturated heterocycles. The average Bonchev–Trinajstić information content (AvgIpc) is 2.57. The lowest BCUT2D eigenvalue weighted by atomic mass is 10.2. The molecule has 0 unspecified atom stereocenters. The minimum Gasteiger partial charge on any atom is -0.322 e. The van der Waals surface area contributed by atoms with E-state index in [0.29, 0.717) is 10.2 Å². The zero-order chi connectivity index (χ0) is 18.8. The number of hydrogen-bond acceptors (Lipinski definition) is 4. The molecule has 0 fully saturated rings. The van der Waals surface area contributed by atoms with E-state index in [2.05, 4.69) is 21.2 Å². The van der Waals surface area contributed by atoms with Crippen LogP contribution in [0.25, 0.3) is 0 Å². The molecule has 0 bridgehead atoms. The molecule has 134 valence electrons. The van der Waals surface area contributed by atoms with Crippen LogP contribution in [0, 0.1) is 6.92 Å². The van der Waals surface area contributed by atoms with Crippen LogP contribution in [0.5, 0.6) is 0 Å². The summed E-state index contributed by atoms with van der Waals surface area (Å²) in [5.41, 5.74) is 1.71. The third kappa shape index (κ3) is 4.39. The number of nitrogens with zero attached hydrogens (tertiary/aromatic N) is 1. The lowest BCUT2D eigenvalue weighted by Gasteiger charge is -2.16. The first-order valence-electron chi connectivity index (χ1n) is 7.07. The Kier molecular flexibility index (Phi) is 6.23. The number of benzene rings is 2. The van der Waals surface area contributed by atoms with Gasteiger partial charge >= 0.3 is 0 Å². The molecule has 6 nitrogen and oxygen atoms in total. The number of hydroxylamine groups is 1. The molecule has 0 aliphatic rings. The average molecular weight is 448 g/mol. The quantitative estimate of drug-likeness (QED) is 0.707. The molecule has 1 N–H and O–H groups in total. The first kappa shape index (κ1) is 19.9. The number of anilines is 1. The van der Waals surface area contributed by atoms with Gasteiger partial charge in [-0.15, -0.1) is 0 Å². The highest BCUT2D eigenvalue weighted by atomic mass is 79.9. The summed E-state index contributed by atoms with van der Waals surface area (Å²) in [6.45, 7) is 1.90. The second kappa shape index (κ2) is 7.84. The molecule has 0 atom stereocenters.